The number of aromatic nitrogens is 1. The molecule has 4 rings (SSSR count). The smallest absolute Gasteiger partial charge is 0.101 e. The number of rotatable bonds is 5. The molecule has 1 fully saturated rings. The van der Waals surface area contributed by atoms with Crippen molar-refractivity contribution in [3.05, 3.63) is 87.5 Å². The molecule has 1 aliphatic rings. The van der Waals surface area contributed by atoms with Gasteiger partial charge in [0.15, 0.2) is 0 Å². The summed E-state index contributed by atoms with van der Waals surface area (Å²) < 4.78 is 0. The fourth-order valence-electron chi connectivity index (χ4n) is 4.13. The highest BCUT2D eigenvalue weighted by atomic mass is 35.5. The molecule has 152 valence electrons. The van der Waals surface area contributed by atoms with Gasteiger partial charge in [-0.3, -0.25) is 9.88 Å². The molecule has 1 saturated heterocycles. The van der Waals surface area contributed by atoms with Crippen LogP contribution in [0.3, 0.4) is 0 Å². The maximum atomic E-state index is 11.6. The summed E-state index contributed by atoms with van der Waals surface area (Å²) in [5.41, 5.74) is 3.72. The molecule has 2 unspecified atom stereocenters. The molecular formula is C24H21Cl2N3O. The Kier molecular flexibility index (Phi) is 6.36. The van der Waals surface area contributed by atoms with Gasteiger partial charge < -0.3 is 5.11 Å². The van der Waals surface area contributed by atoms with Crippen molar-refractivity contribution in [1.29, 1.82) is 5.26 Å². The summed E-state index contributed by atoms with van der Waals surface area (Å²) in [4.78, 5) is 6.84. The predicted octanol–water partition coefficient (Wildman–Crippen LogP) is 5.80. The summed E-state index contributed by atoms with van der Waals surface area (Å²) >= 11 is 12.4. The van der Waals surface area contributed by atoms with Crippen LogP contribution < -0.4 is 0 Å². The molecule has 0 spiro atoms. The molecule has 2 atom stereocenters. The van der Waals surface area contributed by atoms with Crippen molar-refractivity contribution < 1.29 is 5.11 Å². The summed E-state index contributed by atoms with van der Waals surface area (Å²) in [7, 11) is 0. The highest BCUT2D eigenvalue weighted by molar-refractivity contribution is 6.35. The second-order valence-corrected chi connectivity index (χ2v) is 8.34. The summed E-state index contributed by atoms with van der Waals surface area (Å²) in [6.45, 7) is 1.83. The maximum Gasteiger partial charge on any atom is 0.101 e. The van der Waals surface area contributed by atoms with E-state index < -0.39 is 6.10 Å². The van der Waals surface area contributed by atoms with E-state index in [0.717, 1.165) is 42.6 Å². The number of halogens is 2. The largest absolute Gasteiger partial charge is 0.386 e. The van der Waals surface area contributed by atoms with Gasteiger partial charge in [-0.15, -0.1) is 0 Å². The van der Waals surface area contributed by atoms with E-state index in [2.05, 4.69) is 16.0 Å². The van der Waals surface area contributed by atoms with Crippen LogP contribution in [0.5, 0.6) is 0 Å². The minimum absolute atomic E-state index is 0.238. The number of aliphatic hydroxyl groups excluding tert-OH is 1. The molecule has 2 aromatic carbocycles. The Balaban J connectivity index is 1.78. The molecular weight excluding hydrogens is 417 g/mol. The minimum Gasteiger partial charge on any atom is -0.386 e. The van der Waals surface area contributed by atoms with Crippen molar-refractivity contribution in [1.82, 2.24) is 9.88 Å². The molecule has 1 N–H and O–H groups in total. The van der Waals surface area contributed by atoms with Gasteiger partial charge in [-0.1, -0.05) is 41.4 Å². The van der Waals surface area contributed by atoms with Crippen LogP contribution in [0.1, 0.15) is 41.7 Å². The van der Waals surface area contributed by atoms with E-state index in [1.807, 2.05) is 24.3 Å². The molecule has 2 heterocycles. The quantitative estimate of drug-likeness (QED) is 0.547. The topological polar surface area (TPSA) is 60.1 Å². The van der Waals surface area contributed by atoms with Crippen LogP contribution in [-0.2, 0) is 0 Å². The number of benzene rings is 2. The lowest BCUT2D eigenvalue weighted by Gasteiger charge is -2.33. The van der Waals surface area contributed by atoms with E-state index in [-0.39, 0.29) is 6.04 Å². The SMILES string of the molecule is N#Cc1ccc(C(C(O)c2cccnc2-c2cc(Cl)cc(Cl)c2)N2CCCC2)cc1. The zero-order valence-electron chi connectivity index (χ0n) is 16.3. The Bertz CT molecular complexity index is 1050. The van der Waals surface area contributed by atoms with Gasteiger partial charge in [0.25, 0.3) is 0 Å². The zero-order chi connectivity index (χ0) is 21.1. The van der Waals surface area contributed by atoms with Gasteiger partial charge >= 0.3 is 0 Å². The van der Waals surface area contributed by atoms with Crippen molar-refractivity contribution in [2.75, 3.05) is 13.1 Å². The van der Waals surface area contributed by atoms with Gasteiger partial charge in [-0.05, 0) is 67.9 Å². The molecule has 1 aromatic heterocycles. The normalized spacial score (nSPS) is 16.2. The molecule has 30 heavy (non-hydrogen) atoms. The first-order chi connectivity index (χ1) is 14.6. The number of nitriles is 1. The molecule has 3 aromatic rings. The van der Waals surface area contributed by atoms with Crippen LogP contribution in [0.4, 0.5) is 0 Å². The van der Waals surface area contributed by atoms with E-state index in [1.54, 1.807) is 36.5 Å². The van der Waals surface area contributed by atoms with Crippen LogP contribution in [0.15, 0.2) is 60.8 Å². The van der Waals surface area contributed by atoms with Gasteiger partial charge in [0, 0.05) is 27.4 Å². The lowest BCUT2D eigenvalue weighted by Crippen LogP contribution is -2.31. The van der Waals surface area contributed by atoms with E-state index in [4.69, 9.17) is 28.5 Å². The third-order valence-electron chi connectivity index (χ3n) is 5.51. The van der Waals surface area contributed by atoms with Crippen molar-refractivity contribution in [2.24, 2.45) is 0 Å². The van der Waals surface area contributed by atoms with Gasteiger partial charge in [0.05, 0.1) is 23.4 Å². The summed E-state index contributed by atoms with van der Waals surface area (Å²) in [6, 6.07) is 18.4. The predicted molar refractivity (Wildman–Crippen MR) is 119 cm³/mol. The number of likely N-dealkylation sites (tertiary alicyclic amines) is 1. The Morgan fingerprint density at radius 2 is 1.67 bits per heavy atom. The van der Waals surface area contributed by atoms with E-state index in [1.165, 1.54) is 0 Å². The van der Waals surface area contributed by atoms with Crippen LogP contribution in [-0.4, -0.2) is 28.1 Å². The van der Waals surface area contributed by atoms with Gasteiger partial charge in [0.1, 0.15) is 6.10 Å². The Hall–Kier alpha value is -2.42. The molecule has 0 saturated carbocycles. The van der Waals surface area contributed by atoms with Gasteiger partial charge in [-0.25, -0.2) is 0 Å². The molecule has 0 bridgehead atoms. The number of aliphatic hydroxyl groups is 1. The number of pyridine rings is 1. The zero-order valence-corrected chi connectivity index (χ0v) is 17.8. The van der Waals surface area contributed by atoms with Crippen LogP contribution in [0.25, 0.3) is 11.3 Å². The third-order valence-corrected chi connectivity index (χ3v) is 5.94. The molecule has 0 aliphatic carbocycles. The van der Waals surface area contributed by atoms with E-state index in [9.17, 15) is 5.11 Å². The van der Waals surface area contributed by atoms with Crippen LogP contribution >= 0.6 is 23.2 Å². The van der Waals surface area contributed by atoms with Gasteiger partial charge in [-0.2, -0.15) is 5.26 Å². The maximum absolute atomic E-state index is 11.6. The number of nitrogens with zero attached hydrogens (tertiary/aromatic N) is 3. The fourth-order valence-corrected chi connectivity index (χ4v) is 4.65. The second-order valence-electron chi connectivity index (χ2n) is 7.47. The third kappa shape index (κ3) is 4.35. The Morgan fingerprint density at radius 1 is 1.00 bits per heavy atom. The van der Waals surface area contributed by atoms with E-state index in [0.29, 0.717) is 21.3 Å². The minimum atomic E-state index is -0.808. The second kappa shape index (κ2) is 9.16. The monoisotopic (exact) mass is 437 g/mol. The standard InChI is InChI=1S/C24H21Cl2N3O/c25-19-12-18(13-20(26)14-19)22-21(4-3-9-28-22)24(30)23(29-10-1-2-11-29)17-7-5-16(15-27)6-8-17/h3-9,12-14,23-24,30H,1-2,10-11H2. The van der Waals surface area contributed by atoms with Crippen molar-refractivity contribution in [2.45, 2.75) is 25.0 Å². The molecule has 0 amide bonds. The number of hydrogen-bond acceptors (Lipinski definition) is 4. The van der Waals surface area contributed by atoms with Gasteiger partial charge in [0.2, 0.25) is 0 Å². The summed E-state index contributed by atoms with van der Waals surface area (Å²) in [5, 5.41) is 21.8. The first-order valence-electron chi connectivity index (χ1n) is 9.90. The lowest BCUT2D eigenvalue weighted by atomic mass is 9.91. The lowest BCUT2D eigenvalue weighted by molar-refractivity contribution is 0.0609. The summed E-state index contributed by atoms with van der Waals surface area (Å²) in [5.74, 6) is 0. The summed E-state index contributed by atoms with van der Waals surface area (Å²) in [6.07, 6.45) is 3.09. The molecule has 6 heteroatoms. The van der Waals surface area contributed by atoms with Crippen molar-refractivity contribution in [3.8, 4) is 17.3 Å². The Morgan fingerprint density at radius 3 is 2.30 bits per heavy atom. The molecule has 1 aliphatic heterocycles. The van der Waals surface area contributed by atoms with E-state index >= 15 is 0 Å². The Labute approximate surface area is 186 Å². The fraction of sp³-hybridized carbons (Fsp3) is 0.250. The first-order valence-corrected chi connectivity index (χ1v) is 10.7. The number of hydrogen-bond donors (Lipinski definition) is 1. The first kappa shape index (κ1) is 20.8. The average Bonchev–Trinajstić information content (AvgIpc) is 3.28. The van der Waals surface area contributed by atoms with Crippen molar-refractivity contribution in [3.63, 3.8) is 0 Å². The molecule has 4 nitrogen and oxygen atoms in total. The molecule has 0 radical (unpaired) electrons. The van der Waals surface area contributed by atoms with Crippen LogP contribution in [0.2, 0.25) is 10.0 Å². The van der Waals surface area contributed by atoms with Crippen molar-refractivity contribution >= 4 is 23.2 Å². The highest BCUT2D eigenvalue weighted by Crippen LogP contribution is 2.40. The highest BCUT2D eigenvalue weighted by Gasteiger charge is 2.32. The van der Waals surface area contributed by atoms with Crippen LogP contribution in [0, 0.1) is 11.3 Å². The average molecular weight is 438 g/mol.